The number of aromatic hydroxyl groups is 1. The van der Waals surface area contributed by atoms with Crippen molar-refractivity contribution in [3.8, 4) is 5.75 Å². The van der Waals surface area contributed by atoms with Crippen LogP contribution in [0.4, 0.5) is 0 Å². The molecule has 1 aromatic heterocycles. The first-order valence-electron chi connectivity index (χ1n) is 3.41. The maximum atomic E-state index is 9.47. The van der Waals surface area contributed by atoms with Crippen molar-refractivity contribution in [2.75, 3.05) is 0 Å². The molecule has 1 aromatic rings. The summed E-state index contributed by atoms with van der Waals surface area (Å²) in [5.74, 6) is 0.834. The number of hydrogen-bond donors (Lipinski definition) is 2. The zero-order chi connectivity index (χ0) is 8.43. The van der Waals surface area contributed by atoms with Gasteiger partial charge in [-0.15, -0.1) is 0 Å². The molecule has 0 atom stereocenters. The molecule has 0 aliphatic rings. The van der Waals surface area contributed by atoms with Gasteiger partial charge in [-0.2, -0.15) is 12.6 Å². The fraction of sp³-hybridized carbons (Fsp3) is 0.375. The van der Waals surface area contributed by atoms with E-state index in [1.807, 2.05) is 6.92 Å². The Morgan fingerprint density at radius 2 is 2.18 bits per heavy atom. The molecule has 0 aliphatic carbocycles. The monoisotopic (exact) mass is 169 g/mol. The molecule has 0 aliphatic heterocycles. The van der Waals surface area contributed by atoms with Crippen molar-refractivity contribution in [3.05, 3.63) is 23.0 Å². The van der Waals surface area contributed by atoms with E-state index >= 15 is 0 Å². The lowest BCUT2D eigenvalue weighted by Crippen LogP contribution is -1.91. The van der Waals surface area contributed by atoms with E-state index in [1.54, 1.807) is 13.1 Å². The van der Waals surface area contributed by atoms with E-state index in [4.69, 9.17) is 0 Å². The largest absolute Gasteiger partial charge is 0.506 e. The lowest BCUT2D eigenvalue weighted by Gasteiger charge is -2.06. The first-order valence-corrected chi connectivity index (χ1v) is 4.05. The van der Waals surface area contributed by atoms with Crippen LogP contribution in [0.5, 0.6) is 5.75 Å². The predicted octanol–water partition coefficient (Wildman–Crippen LogP) is 1.83. The quantitative estimate of drug-likeness (QED) is 0.629. The molecule has 1 rings (SSSR count). The van der Waals surface area contributed by atoms with E-state index in [-0.39, 0.29) is 5.75 Å². The molecule has 11 heavy (non-hydrogen) atoms. The molecule has 3 heteroatoms. The van der Waals surface area contributed by atoms with E-state index < -0.39 is 0 Å². The zero-order valence-electron chi connectivity index (χ0n) is 6.63. The molecule has 0 radical (unpaired) electrons. The SMILES string of the molecule is Cc1cnc(C)c(O)c1CS. The van der Waals surface area contributed by atoms with Crippen LogP contribution >= 0.6 is 12.6 Å². The summed E-state index contributed by atoms with van der Waals surface area (Å²) in [6.07, 6.45) is 1.75. The molecule has 60 valence electrons. The summed E-state index contributed by atoms with van der Waals surface area (Å²) in [4.78, 5) is 4.00. The molecule has 0 bridgehead atoms. The summed E-state index contributed by atoms with van der Waals surface area (Å²) in [5, 5.41) is 9.47. The van der Waals surface area contributed by atoms with Gasteiger partial charge in [-0.05, 0) is 19.4 Å². The van der Waals surface area contributed by atoms with Crippen LogP contribution in [-0.4, -0.2) is 10.1 Å². The van der Waals surface area contributed by atoms with Gasteiger partial charge in [-0.3, -0.25) is 4.98 Å². The number of aromatic nitrogens is 1. The second kappa shape index (κ2) is 3.13. The minimum Gasteiger partial charge on any atom is -0.506 e. The molecule has 0 spiro atoms. The van der Waals surface area contributed by atoms with E-state index in [0.29, 0.717) is 11.4 Å². The van der Waals surface area contributed by atoms with Crippen LogP contribution in [0.15, 0.2) is 6.20 Å². The zero-order valence-corrected chi connectivity index (χ0v) is 7.52. The highest BCUT2D eigenvalue weighted by atomic mass is 32.1. The Kier molecular flexibility index (Phi) is 2.39. The van der Waals surface area contributed by atoms with Gasteiger partial charge in [0.05, 0.1) is 5.69 Å². The number of hydrogen-bond acceptors (Lipinski definition) is 3. The lowest BCUT2D eigenvalue weighted by atomic mass is 10.1. The van der Waals surface area contributed by atoms with Crippen molar-refractivity contribution in [2.24, 2.45) is 0 Å². The molecule has 0 saturated carbocycles. The Hall–Kier alpha value is -0.700. The molecule has 0 fully saturated rings. The third kappa shape index (κ3) is 1.48. The average molecular weight is 169 g/mol. The van der Waals surface area contributed by atoms with Gasteiger partial charge in [-0.1, -0.05) is 0 Å². The number of thiol groups is 1. The van der Waals surface area contributed by atoms with Crippen LogP contribution in [0.1, 0.15) is 16.8 Å². The van der Waals surface area contributed by atoms with Crippen LogP contribution in [-0.2, 0) is 5.75 Å². The van der Waals surface area contributed by atoms with Gasteiger partial charge >= 0.3 is 0 Å². The van der Waals surface area contributed by atoms with Gasteiger partial charge in [0.15, 0.2) is 0 Å². The average Bonchev–Trinajstić information content (AvgIpc) is 1.99. The van der Waals surface area contributed by atoms with E-state index in [9.17, 15) is 5.11 Å². The van der Waals surface area contributed by atoms with Gasteiger partial charge in [0.25, 0.3) is 0 Å². The van der Waals surface area contributed by atoms with Crippen molar-refractivity contribution < 1.29 is 5.11 Å². The van der Waals surface area contributed by atoms with E-state index in [0.717, 1.165) is 11.1 Å². The predicted molar refractivity (Wildman–Crippen MR) is 48.1 cm³/mol. The Labute approximate surface area is 71.7 Å². The fourth-order valence-corrected chi connectivity index (χ4v) is 1.34. The third-order valence-electron chi connectivity index (χ3n) is 1.71. The van der Waals surface area contributed by atoms with Crippen molar-refractivity contribution in [2.45, 2.75) is 19.6 Å². The maximum absolute atomic E-state index is 9.47. The topological polar surface area (TPSA) is 33.1 Å². The van der Waals surface area contributed by atoms with Crippen LogP contribution in [0, 0.1) is 13.8 Å². The first kappa shape index (κ1) is 8.40. The molecular formula is C8H11NOS. The third-order valence-corrected chi connectivity index (χ3v) is 2.03. The summed E-state index contributed by atoms with van der Waals surface area (Å²) in [6, 6.07) is 0. The molecule has 1 N–H and O–H groups in total. The first-order chi connectivity index (χ1) is 5.16. The number of rotatable bonds is 1. The van der Waals surface area contributed by atoms with Gasteiger partial charge in [-0.25, -0.2) is 0 Å². The summed E-state index contributed by atoms with van der Waals surface area (Å²) < 4.78 is 0. The fourth-order valence-electron chi connectivity index (χ4n) is 0.937. The van der Waals surface area contributed by atoms with Crippen LogP contribution < -0.4 is 0 Å². The maximum Gasteiger partial charge on any atom is 0.141 e. The number of aryl methyl sites for hydroxylation is 2. The normalized spacial score (nSPS) is 10.1. The number of pyridine rings is 1. The van der Waals surface area contributed by atoms with Crippen LogP contribution in [0.3, 0.4) is 0 Å². The van der Waals surface area contributed by atoms with Crippen molar-refractivity contribution in [1.29, 1.82) is 0 Å². The Morgan fingerprint density at radius 3 is 2.64 bits per heavy atom. The standard InChI is InChI=1S/C8H11NOS/c1-5-3-9-6(2)8(10)7(5)4-11/h3,10-11H,4H2,1-2H3. The highest BCUT2D eigenvalue weighted by molar-refractivity contribution is 7.79. The van der Waals surface area contributed by atoms with Gasteiger partial charge in [0.1, 0.15) is 5.75 Å². The summed E-state index contributed by atoms with van der Waals surface area (Å²) in [7, 11) is 0. The van der Waals surface area contributed by atoms with Crippen molar-refractivity contribution in [3.63, 3.8) is 0 Å². The molecule has 0 saturated heterocycles. The number of nitrogens with zero attached hydrogens (tertiary/aromatic N) is 1. The van der Waals surface area contributed by atoms with E-state index in [2.05, 4.69) is 17.6 Å². The van der Waals surface area contributed by atoms with Crippen LogP contribution in [0.2, 0.25) is 0 Å². The molecular weight excluding hydrogens is 158 g/mol. The van der Waals surface area contributed by atoms with Gasteiger partial charge < -0.3 is 5.11 Å². The molecule has 0 unspecified atom stereocenters. The Balaban J connectivity index is 3.29. The van der Waals surface area contributed by atoms with Gasteiger partial charge in [0, 0.05) is 17.5 Å². The van der Waals surface area contributed by atoms with Crippen molar-refractivity contribution >= 4 is 12.6 Å². The van der Waals surface area contributed by atoms with Crippen LogP contribution in [0.25, 0.3) is 0 Å². The second-order valence-electron chi connectivity index (χ2n) is 2.51. The highest BCUT2D eigenvalue weighted by Gasteiger charge is 2.05. The molecule has 0 amide bonds. The van der Waals surface area contributed by atoms with E-state index in [1.165, 1.54) is 0 Å². The minimum atomic E-state index is 0.278. The highest BCUT2D eigenvalue weighted by Crippen LogP contribution is 2.24. The molecule has 0 aromatic carbocycles. The summed E-state index contributed by atoms with van der Waals surface area (Å²) in [6.45, 7) is 3.69. The molecule has 2 nitrogen and oxygen atoms in total. The van der Waals surface area contributed by atoms with Gasteiger partial charge in [0.2, 0.25) is 0 Å². The molecule has 1 heterocycles. The Morgan fingerprint density at radius 1 is 1.55 bits per heavy atom. The minimum absolute atomic E-state index is 0.278. The Bertz CT molecular complexity index is 273. The van der Waals surface area contributed by atoms with Crippen molar-refractivity contribution in [1.82, 2.24) is 4.98 Å². The smallest absolute Gasteiger partial charge is 0.141 e. The summed E-state index contributed by atoms with van der Waals surface area (Å²) >= 11 is 4.11. The lowest BCUT2D eigenvalue weighted by molar-refractivity contribution is 0.462. The summed E-state index contributed by atoms with van der Waals surface area (Å²) in [5.41, 5.74) is 2.53. The second-order valence-corrected chi connectivity index (χ2v) is 2.83.